The Hall–Kier alpha value is -0.920. The summed E-state index contributed by atoms with van der Waals surface area (Å²) in [6.45, 7) is 3.12. The molecule has 1 heterocycles. The van der Waals surface area contributed by atoms with Crippen LogP contribution in [0.1, 0.15) is 11.7 Å². The van der Waals surface area contributed by atoms with Gasteiger partial charge in [-0.25, -0.2) is 0 Å². The monoisotopic (exact) mass is 469 g/mol. The summed E-state index contributed by atoms with van der Waals surface area (Å²) in [6.07, 6.45) is -0.492. The summed E-state index contributed by atoms with van der Waals surface area (Å²) in [6, 6.07) is 15.8. The van der Waals surface area contributed by atoms with Crippen LogP contribution in [0.3, 0.4) is 0 Å². The molecule has 25 heavy (non-hydrogen) atoms. The second kappa shape index (κ2) is 9.14. The predicted molar refractivity (Wildman–Crippen MR) is 105 cm³/mol. The maximum absolute atomic E-state index is 10.3. The lowest BCUT2D eigenvalue weighted by Crippen LogP contribution is -2.43. The Labute approximate surface area is 165 Å². The lowest BCUT2D eigenvalue weighted by molar-refractivity contribution is -0.0459. The molecule has 2 atom stereocenters. The Morgan fingerprint density at radius 3 is 2.40 bits per heavy atom. The number of hydrogen-bond donors (Lipinski definition) is 1. The Kier molecular flexibility index (Phi) is 6.90. The highest BCUT2D eigenvalue weighted by atomic mass is 79.9. The van der Waals surface area contributed by atoms with Crippen LogP contribution in [0.15, 0.2) is 57.5 Å². The number of aliphatic hydroxyl groups is 1. The number of benzene rings is 2. The van der Waals surface area contributed by atoms with Crippen molar-refractivity contribution in [1.82, 2.24) is 4.90 Å². The lowest BCUT2D eigenvalue weighted by atomic mass is 10.1. The van der Waals surface area contributed by atoms with Gasteiger partial charge in [0.1, 0.15) is 18.5 Å². The number of aliphatic hydroxyl groups excluding tert-OH is 1. The van der Waals surface area contributed by atoms with Crippen molar-refractivity contribution in [2.75, 3.05) is 32.8 Å². The summed E-state index contributed by atoms with van der Waals surface area (Å²) in [7, 11) is 0. The topological polar surface area (TPSA) is 41.9 Å². The normalized spacial score (nSPS) is 19.6. The molecule has 1 aliphatic rings. The van der Waals surface area contributed by atoms with E-state index < -0.39 is 6.10 Å². The summed E-state index contributed by atoms with van der Waals surface area (Å²) in [4.78, 5) is 2.23. The van der Waals surface area contributed by atoms with E-state index in [4.69, 9.17) is 9.47 Å². The van der Waals surface area contributed by atoms with E-state index in [1.807, 2.05) is 36.4 Å². The van der Waals surface area contributed by atoms with Crippen molar-refractivity contribution in [3.8, 4) is 5.75 Å². The van der Waals surface area contributed by atoms with Gasteiger partial charge in [-0.1, -0.05) is 44.0 Å². The van der Waals surface area contributed by atoms with Crippen LogP contribution in [-0.2, 0) is 4.74 Å². The van der Waals surface area contributed by atoms with Gasteiger partial charge in [0.05, 0.1) is 12.7 Å². The van der Waals surface area contributed by atoms with Crippen molar-refractivity contribution in [3.05, 3.63) is 63.0 Å². The second-order valence-corrected chi connectivity index (χ2v) is 7.92. The Morgan fingerprint density at radius 1 is 1.08 bits per heavy atom. The minimum atomic E-state index is -0.535. The number of rotatable bonds is 6. The first-order chi connectivity index (χ1) is 12.1. The van der Waals surface area contributed by atoms with E-state index in [0.717, 1.165) is 33.3 Å². The zero-order valence-corrected chi connectivity index (χ0v) is 16.9. The Morgan fingerprint density at radius 2 is 1.72 bits per heavy atom. The van der Waals surface area contributed by atoms with Crippen LogP contribution in [0.4, 0.5) is 0 Å². The SMILES string of the molecule is OC(COc1ccc(Br)cc1)CN1CCOC(c2ccc(Br)cc2)C1. The minimum Gasteiger partial charge on any atom is -0.491 e. The van der Waals surface area contributed by atoms with Crippen molar-refractivity contribution < 1.29 is 14.6 Å². The summed E-state index contributed by atoms with van der Waals surface area (Å²) in [5.41, 5.74) is 1.16. The molecule has 0 saturated carbocycles. The van der Waals surface area contributed by atoms with Gasteiger partial charge >= 0.3 is 0 Å². The molecule has 2 aromatic carbocycles. The van der Waals surface area contributed by atoms with Gasteiger partial charge < -0.3 is 14.6 Å². The Bertz CT molecular complexity index is 663. The first-order valence-electron chi connectivity index (χ1n) is 8.26. The fraction of sp³-hybridized carbons (Fsp3) is 0.368. The van der Waals surface area contributed by atoms with E-state index in [0.29, 0.717) is 13.2 Å². The molecule has 0 radical (unpaired) electrons. The average molecular weight is 471 g/mol. The number of β-amino-alcohol motifs (C(OH)–C–C–N with tert-alkyl or cyclic N) is 1. The summed E-state index contributed by atoms with van der Waals surface area (Å²) < 4.78 is 13.6. The highest BCUT2D eigenvalue weighted by Crippen LogP contribution is 2.24. The van der Waals surface area contributed by atoms with Crippen molar-refractivity contribution in [3.63, 3.8) is 0 Å². The van der Waals surface area contributed by atoms with Crippen LogP contribution in [0.5, 0.6) is 5.75 Å². The fourth-order valence-electron chi connectivity index (χ4n) is 2.82. The number of morpholine rings is 1. The lowest BCUT2D eigenvalue weighted by Gasteiger charge is -2.34. The standard InChI is InChI=1S/C19H21Br2NO3/c20-15-3-1-14(2-4-15)19-12-22(9-10-24-19)11-17(23)13-25-18-7-5-16(21)6-8-18/h1-8,17,19,23H,9-13H2. The zero-order valence-electron chi connectivity index (χ0n) is 13.8. The van der Waals surface area contributed by atoms with Crippen molar-refractivity contribution in [2.45, 2.75) is 12.2 Å². The first kappa shape index (κ1) is 18.9. The van der Waals surface area contributed by atoms with Crippen LogP contribution in [-0.4, -0.2) is 49.0 Å². The van der Waals surface area contributed by atoms with Gasteiger partial charge in [0.2, 0.25) is 0 Å². The summed E-state index contributed by atoms with van der Waals surface area (Å²) in [5, 5.41) is 10.3. The molecule has 4 nitrogen and oxygen atoms in total. The van der Waals surface area contributed by atoms with E-state index in [-0.39, 0.29) is 12.7 Å². The van der Waals surface area contributed by atoms with Crippen LogP contribution in [0, 0.1) is 0 Å². The first-order valence-corrected chi connectivity index (χ1v) is 9.84. The third kappa shape index (κ3) is 5.79. The summed E-state index contributed by atoms with van der Waals surface area (Å²) in [5.74, 6) is 0.761. The third-order valence-corrected chi connectivity index (χ3v) is 5.17. The van der Waals surface area contributed by atoms with Gasteiger partial charge in [-0.2, -0.15) is 0 Å². The van der Waals surface area contributed by atoms with Crippen LogP contribution in [0.2, 0.25) is 0 Å². The number of nitrogens with zero attached hydrogens (tertiary/aromatic N) is 1. The molecule has 0 aromatic heterocycles. The van der Waals surface area contributed by atoms with Gasteiger partial charge in [-0.15, -0.1) is 0 Å². The molecule has 1 saturated heterocycles. The molecule has 0 bridgehead atoms. The minimum absolute atomic E-state index is 0.0430. The van der Waals surface area contributed by atoms with E-state index in [2.05, 4.69) is 48.9 Å². The molecule has 2 aromatic rings. The molecule has 1 N–H and O–H groups in total. The van der Waals surface area contributed by atoms with E-state index >= 15 is 0 Å². The summed E-state index contributed by atoms with van der Waals surface area (Å²) >= 11 is 6.85. The highest BCUT2D eigenvalue weighted by Gasteiger charge is 2.23. The molecular formula is C19H21Br2NO3. The molecule has 1 fully saturated rings. The molecule has 0 spiro atoms. The zero-order chi connectivity index (χ0) is 17.6. The van der Waals surface area contributed by atoms with Crippen LogP contribution in [0.25, 0.3) is 0 Å². The van der Waals surface area contributed by atoms with Gasteiger partial charge in [0.25, 0.3) is 0 Å². The number of ether oxygens (including phenoxy) is 2. The molecule has 0 amide bonds. The van der Waals surface area contributed by atoms with E-state index in [1.165, 1.54) is 0 Å². The van der Waals surface area contributed by atoms with Gasteiger partial charge in [-0.05, 0) is 42.0 Å². The molecule has 1 aliphatic heterocycles. The third-order valence-electron chi connectivity index (χ3n) is 4.12. The van der Waals surface area contributed by atoms with E-state index in [1.54, 1.807) is 0 Å². The molecule has 3 rings (SSSR count). The van der Waals surface area contributed by atoms with Gasteiger partial charge in [-0.3, -0.25) is 4.90 Å². The molecule has 0 aliphatic carbocycles. The average Bonchev–Trinajstić information content (AvgIpc) is 2.62. The smallest absolute Gasteiger partial charge is 0.119 e. The number of hydrogen-bond acceptors (Lipinski definition) is 4. The van der Waals surface area contributed by atoms with Crippen molar-refractivity contribution in [1.29, 1.82) is 0 Å². The molecule has 2 unspecified atom stereocenters. The molecular weight excluding hydrogens is 450 g/mol. The van der Waals surface area contributed by atoms with Gasteiger partial charge in [0, 0.05) is 28.6 Å². The van der Waals surface area contributed by atoms with Crippen molar-refractivity contribution >= 4 is 31.9 Å². The van der Waals surface area contributed by atoms with Crippen molar-refractivity contribution in [2.24, 2.45) is 0 Å². The van der Waals surface area contributed by atoms with Crippen LogP contribution < -0.4 is 4.74 Å². The van der Waals surface area contributed by atoms with E-state index in [9.17, 15) is 5.11 Å². The fourth-order valence-corrected chi connectivity index (χ4v) is 3.35. The highest BCUT2D eigenvalue weighted by molar-refractivity contribution is 9.10. The maximum Gasteiger partial charge on any atom is 0.119 e. The largest absolute Gasteiger partial charge is 0.491 e. The van der Waals surface area contributed by atoms with Crippen LogP contribution >= 0.6 is 31.9 Å². The quantitative estimate of drug-likeness (QED) is 0.692. The second-order valence-electron chi connectivity index (χ2n) is 6.09. The van der Waals surface area contributed by atoms with Gasteiger partial charge in [0.15, 0.2) is 0 Å². The Balaban J connectivity index is 1.48. The maximum atomic E-state index is 10.3. The number of halogens is 2. The molecule has 6 heteroatoms. The predicted octanol–water partition coefficient (Wildman–Crippen LogP) is 4.02. The molecule has 134 valence electrons.